The molecule has 0 aliphatic heterocycles. The molecule has 0 aliphatic rings. The third-order valence-corrected chi connectivity index (χ3v) is 3.17. The Balaban J connectivity index is 2.90. The average molecular weight is 258 g/mol. The molecule has 3 heteroatoms. The second kappa shape index (κ2) is 6.94. The van der Waals surface area contributed by atoms with Crippen molar-refractivity contribution in [2.24, 2.45) is 11.8 Å². The van der Waals surface area contributed by atoms with Gasteiger partial charge in [0.2, 0.25) is 5.91 Å². The highest BCUT2D eigenvalue weighted by Crippen LogP contribution is 2.17. The summed E-state index contributed by atoms with van der Waals surface area (Å²) >= 11 is 0. The second-order valence-corrected chi connectivity index (χ2v) is 5.40. The molecule has 0 bridgehead atoms. The summed E-state index contributed by atoms with van der Waals surface area (Å²) < 4.78 is 0. The molecule has 0 saturated heterocycles. The number of hydrogen-bond acceptors (Lipinski definition) is 2. The summed E-state index contributed by atoms with van der Waals surface area (Å²) in [5.74, 6) is -0.600. The monoisotopic (exact) mass is 258 g/mol. The molecule has 0 heterocycles. The largest absolute Gasteiger partial charge is 0.335 e. The first-order valence-electron chi connectivity index (χ1n) is 6.71. The first-order chi connectivity index (χ1) is 8.97. The first kappa shape index (κ1) is 15.2. The Morgan fingerprint density at radius 3 is 2.21 bits per heavy atom. The van der Waals surface area contributed by atoms with Gasteiger partial charge in [0.25, 0.3) is 0 Å². The van der Waals surface area contributed by atoms with Crippen molar-refractivity contribution in [1.82, 2.24) is 4.90 Å². The summed E-state index contributed by atoms with van der Waals surface area (Å²) in [4.78, 5) is 14.2. The highest BCUT2D eigenvalue weighted by atomic mass is 16.2. The van der Waals surface area contributed by atoms with Crippen LogP contribution < -0.4 is 0 Å². The summed E-state index contributed by atoms with van der Waals surface area (Å²) in [6.07, 6.45) is 0. The maximum absolute atomic E-state index is 12.5. The van der Waals surface area contributed by atoms with E-state index in [1.165, 1.54) is 0 Å². The van der Waals surface area contributed by atoms with Crippen LogP contribution in [0.2, 0.25) is 0 Å². The molecule has 19 heavy (non-hydrogen) atoms. The van der Waals surface area contributed by atoms with Crippen LogP contribution in [0.25, 0.3) is 0 Å². The van der Waals surface area contributed by atoms with Crippen LogP contribution in [0.4, 0.5) is 0 Å². The Hall–Kier alpha value is -1.82. The second-order valence-electron chi connectivity index (χ2n) is 5.40. The fourth-order valence-electron chi connectivity index (χ4n) is 1.96. The molecule has 3 nitrogen and oxygen atoms in total. The van der Waals surface area contributed by atoms with Crippen molar-refractivity contribution in [2.45, 2.75) is 40.3 Å². The lowest BCUT2D eigenvalue weighted by Crippen LogP contribution is -2.41. The Morgan fingerprint density at radius 1 is 1.21 bits per heavy atom. The van der Waals surface area contributed by atoms with Crippen molar-refractivity contribution in [3.05, 3.63) is 35.9 Å². The van der Waals surface area contributed by atoms with E-state index >= 15 is 0 Å². The molecule has 102 valence electrons. The number of carbonyl (C=O) groups excluding carboxylic acids is 1. The molecule has 1 atom stereocenters. The van der Waals surface area contributed by atoms with Crippen molar-refractivity contribution in [1.29, 1.82) is 5.26 Å². The van der Waals surface area contributed by atoms with Gasteiger partial charge in [-0.2, -0.15) is 5.26 Å². The number of amides is 1. The van der Waals surface area contributed by atoms with Crippen LogP contribution in [0.15, 0.2) is 30.3 Å². The van der Waals surface area contributed by atoms with Gasteiger partial charge >= 0.3 is 0 Å². The lowest BCUT2D eigenvalue weighted by atomic mass is 9.95. The van der Waals surface area contributed by atoms with Crippen molar-refractivity contribution >= 4 is 5.91 Å². The van der Waals surface area contributed by atoms with Gasteiger partial charge in [0, 0.05) is 12.6 Å². The van der Waals surface area contributed by atoms with Gasteiger partial charge < -0.3 is 4.90 Å². The van der Waals surface area contributed by atoms with E-state index in [1.807, 2.05) is 58.0 Å². The lowest BCUT2D eigenvalue weighted by molar-refractivity contribution is -0.137. The first-order valence-corrected chi connectivity index (χ1v) is 6.71. The van der Waals surface area contributed by atoms with E-state index in [1.54, 1.807) is 4.90 Å². The van der Waals surface area contributed by atoms with Gasteiger partial charge in [0.05, 0.1) is 6.07 Å². The van der Waals surface area contributed by atoms with Crippen LogP contribution in [0.5, 0.6) is 0 Å². The maximum Gasteiger partial charge on any atom is 0.240 e. The predicted molar refractivity (Wildman–Crippen MR) is 76.1 cm³/mol. The molecule has 1 rings (SSSR count). The van der Waals surface area contributed by atoms with Crippen molar-refractivity contribution in [3.8, 4) is 6.07 Å². The summed E-state index contributed by atoms with van der Waals surface area (Å²) in [5.41, 5.74) is 1.09. The molecular weight excluding hydrogens is 236 g/mol. The normalized spacial score (nSPS) is 12.3. The fraction of sp³-hybridized carbons (Fsp3) is 0.500. The molecule has 1 amide bonds. The standard InChI is InChI=1S/C16H22N2O/c1-12(2)15(10-17)16(19)18(13(3)4)11-14-8-6-5-7-9-14/h5-9,12-13,15H,11H2,1-4H3. The van der Waals surface area contributed by atoms with E-state index in [-0.39, 0.29) is 17.9 Å². The van der Waals surface area contributed by atoms with E-state index in [9.17, 15) is 4.79 Å². The highest BCUT2D eigenvalue weighted by molar-refractivity contribution is 5.81. The number of hydrogen-bond donors (Lipinski definition) is 0. The zero-order chi connectivity index (χ0) is 14.4. The SMILES string of the molecule is CC(C)C(C#N)C(=O)N(Cc1ccccc1)C(C)C. The zero-order valence-electron chi connectivity index (χ0n) is 12.1. The molecule has 1 unspecified atom stereocenters. The van der Waals surface area contributed by atoms with E-state index < -0.39 is 5.92 Å². The van der Waals surface area contributed by atoms with E-state index in [2.05, 4.69) is 6.07 Å². The quantitative estimate of drug-likeness (QED) is 0.814. The molecule has 0 spiro atoms. The van der Waals surface area contributed by atoms with Crippen molar-refractivity contribution in [2.75, 3.05) is 0 Å². The van der Waals surface area contributed by atoms with Crippen LogP contribution in [0.3, 0.4) is 0 Å². The number of benzene rings is 1. The topological polar surface area (TPSA) is 44.1 Å². The summed E-state index contributed by atoms with van der Waals surface area (Å²) in [6, 6.07) is 12.1. The molecule has 0 N–H and O–H groups in total. The molecule has 0 saturated carbocycles. The van der Waals surface area contributed by atoms with Gasteiger partial charge in [-0.3, -0.25) is 4.79 Å². The Morgan fingerprint density at radius 2 is 1.79 bits per heavy atom. The summed E-state index contributed by atoms with van der Waals surface area (Å²) in [6.45, 7) is 8.34. The maximum atomic E-state index is 12.5. The fourth-order valence-corrected chi connectivity index (χ4v) is 1.96. The van der Waals surface area contributed by atoms with E-state index in [0.29, 0.717) is 6.54 Å². The Kier molecular flexibility index (Phi) is 5.57. The van der Waals surface area contributed by atoms with Crippen molar-refractivity contribution < 1.29 is 4.79 Å². The van der Waals surface area contributed by atoms with Crippen molar-refractivity contribution in [3.63, 3.8) is 0 Å². The molecular formula is C16H22N2O. The number of rotatable bonds is 5. The minimum absolute atomic E-state index is 0.0366. The van der Waals surface area contributed by atoms with Gasteiger partial charge in [0.15, 0.2) is 0 Å². The summed E-state index contributed by atoms with van der Waals surface area (Å²) in [7, 11) is 0. The minimum atomic E-state index is -0.564. The van der Waals surface area contributed by atoms with E-state index in [4.69, 9.17) is 5.26 Å². The zero-order valence-corrected chi connectivity index (χ0v) is 12.1. The predicted octanol–water partition coefficient (Wildman–Crippen LogP) is 3.22. The molecule has 0 aromatic heterocycles. The Labute approximate surface area is 115 Å². The van der Waals surface area contributed by atoms with Crippen LogP contribution >= 0.6 is 0 Å². The molecule has 1 aromatic rings. The third kappa shape index (κ3) is 4.10. The smallest absolute Gasteiger partial charge is 0.240 e. The van der Waals surface area contributed by atoms with Gasteiger partial charge in [-0.15, -0.1) is 0 Å². The molecule has 0 aliphatic carbocycles. The molecule has 0 fully saturated rings. The average Bonchev–Trinajstić information content (AvgIpc) is 2.37. The van der Waals surface area contributed by atoms with Crippen LogP contribution in [-0.4, -0.2) is 16.8 Å². The van der Waals surface area contributed by atoms with E-state index in [0.717, 1.165) is 5.56 Å². The van der Waals surface area contributed by atoms with Crippen LogP contribution in [0.1, 0.15) is 33.3 Å². The minimum Gasteiger partial charge on any atom is -0.335 e. The summed E-state index contributed by atoms with van der Waals surface area (Å²) in [5, 5.41) is 9.17. The third-order valence-electron chi connectivity index (χ3n) is 3.17. The number of nitriles is 1. The van der Waals surface area contributed by atoms with Crippen LogP contribution in [0, 0.1) is 23.2 Å². The number of nitrogens with zero attached hydrogens (tertiary/aromatic N) is 2. The Bertz CT molecular complexity index is 446. The highest BCUT2D eigenvalue weighted by Gasteiger charge is 2.28. The molecule has 0 radical (unpaired) electrons. The van der Waals surface area contributed by atoms with Crippen LogP contribution in [-0.2, 0) is 11.3 Å². The van der Waals surface area contributed by atoms with Gasteiger partial charge in [-0.25, -0.2) is 0 Å². The van der Waals surface area contributed by atoms with Gasteiger partial charge in [-0.05, 0) is 25.3 Å². The molecule has 1 aromatic carbocycles. The lowest BCUT2D eigenvalue weighted by Gasteiger charge is -2.29. The number of carbonyl (C=O) groups is 1. The van der Waals surface area contributed by atoms with Gasteiger partial charge in [-0.1, -0.05) is 44.2 Å². The van der Waals surface area contributed by atoms with Gasteiger partial charge in [0.1, 0.15) is 5.92 Å².